The third-order valence-electron chi connectivity index (χ3n) is 6.37. The molecule has 0 saturated heterocycles. The number of hydrogen-bond donors (Lipinski definition) is 1. The molecule has 0 unspecified atom stereocenters. The van der Waals surface area contributed by atoms with Crippen molar-refractivity contribution in [2.45, 2.75) is 50.4 Å². The van der Waals surface area contributed by atoms with Crippen LogP contribution < -0.4 is 5.73 Å². The number of hydrogen-bond acceptors (Lipinski definition) is 2. The Bertz CT molecular complexity index is 414. The van der Waals surface area contributed by atoms with E-state index in [4.69, 9.17) is 5.73 Å². The van der Waals surface area contributed by atoms with E-state index in [-0.39, 0.29) is 12.4 Å². The molecule has 4 aliphatic rings. The van der Waals surface area contributed by atoms with Crippen LogP contribution in [0.2, 0.25) is 0 Å². The lowest BCUT2D eigenvalue weighted by Gasteiger charge is -2.61. The Morgan fingerprint density at radius 2 is 1.75 bits per heavy atom. The van der Waals surface area contributed by atoms with Gasteiger partial charge in [0.2, 0.25) is 0 Å². The molecule has 3 heteroatoms. The minimum Gasteiger partial charge on any atom is -0.330 e. The molecule has 1 aromatic heterocycles. The van der Waals surface area contributed by atoms with E-state index < -0.39 is 0 Å². The van der Waals surface area contributed by atoms with Crippen LogP contribution in [-0.4, -0.2) is 6.54 Å². The van der Waals surface area contributed by atoms with Gasteiger partial charge in [-0.25, -0.2) is 0 Å². The maximum atomic E-state index is 5.85. The Hall–Kier alpha value is -0.0500. The van der Waals surface area contributed by atoms with Gasteiger partial charge in [0.25, 0.3) is 0 Å². The van der Waals surface area contributed by atoms with Gasteiger partial charge in [0.15, 0.2) is 0 Å². The van der Waals surface area contributed by atoms with Crippen LogP contribution in [0.25, 0.3) is 0 Å². The van der Waals surface area contributed by atoms with Gasteiger partial charge in [-0.3, -0.25) is 0 Å². The van der Waals surface area contributed by atoms with Gasteiger partial charge in [0.05, 0.1) is 0 Å². The van der Waals surface area contributed by atoms with E-state index in [0.717, 1.165) is 30.2 Å². The molecule has 20 heavy (non-hydrogen) atoms. The first-order chi connectivity index (χ1) is 9.33. The van der Waals surface area contributed by atoms with Gasteiger partial charge >= 0.3 is 0 Å². The summed E-state index contributed by atoms with van der Waals surface area (Å²) in [5, 5.41) is 2.28. The van der Waals surface area contributed by atoms with Gasteiger partial charge in [-0.2, -0.15) is 0 Å². The van der Waals surface area contributed by atoms with E-state index in [0.29, 0.717) is 5.41 Å². The molecule has 4 bridgehead atoms. The fourth-order valence-electron chi connectivity index (χ4n) is 5.90. The van der Waals surface area contributed by atoms with Crippen molar-refractivity contribution >= 4 is 23.7 Å². The van der Waals surface area contributed by atoms with Crippen molar-refractivity contribution in [2.75, 3.05) is 6.54 Å². The molecule has 0 radical (unpaired) electrons. The van der Waals surface area contributed by atoms with Crippen LogP contribution in [0.15, 0.2) is 17.5 Å². The molecule has 0 aromatic carbocycles. The Labute approximate surface area is 132 Å². The van der Waals surface area contributed by atoms with Gasteiger partial charge in [-0.05, 0) is 86.6 Å². The lowest BCUT2D eigenvalue weighted by atomic mass is 9.44. The van der Waals surface area contributed by atoms with Gasteiger partial charge in [-0.1, -0.05) is 6.07 Å². The van der Waals surface area contributed by atoms with E-state index in [1.54, 1.807) is 11.3 Å². The molecule has 4 saturated carbocycles. The molecule has 4 fully saturated rings. The molecular formula is C17H26ClNS. The van der Waals surface area contributed by atoms with Crippen molar-refractivity contribution < 1.29 is 0 Å². The number of nitrogens with two attached hydrogens (primary N) is 1. The summed E-state index contributed by atoms with van der Waals surface area (Å²) in [6.45, 7) is 0.861. The lowest BCUT2D eigenvalue weighted by molar-refractivity contribution is -0.0638. The van der Waals surface area contributed by atoms with Crippen molar-refractivity contribution in [3.63, 3.8) is 0 Å². The van der Waals surface area contributed by atoms with Crippen molar-refractivity contribution in [1.82, 2.24) is 0 Å². The molecule has 0 amide bonds. The van der Waals surface area contributed by atoms with Crippen LogP contribution in [0.3, 0.4) is 0 Å². The molecular weight excluding hydrogens is 286 g/mol. The first-order valence-electron chi connectivity index (χ1n) is 8.07. The predicted octanol–water partition coefficient (Wildman–Crippen LogP) is 4.60. The second-order valence-electron chi connectivity index (χ2n) is 7.21. The average Bonchev–Trinajstić information content (AvgIpc) is 2.92. The summed E-state index contributed by atoms with van der Waals surface area (Å²) < 4.78 is 0. The summed E-state index contributed by atoms with van der Waals surface area (Å²) in [5.74, 6) is 4.06. The van der Waals surface area contributed by atoms with E-state index in [9.17, 15) is 0 Å². The highest BCUT2D eigenvalue weighted by Crippen LogP contribution is 2.64. The molecule has 5 rings (SSSR count). The standard InChI is InChI=1S/C17H25NS.ClH/c18-5-2-4-17(16-3-1-6-19-16)14-8-12-7-13(10-14)11-15(17)9-12;/h1,3,6,12-15H,2,4-5,7-11,18H2;1H. The zero-order valence-corrected chi connectivity index (χ0v) is 13.7. The van der Waals surface area contributed by atoms with E-state index in [1.165, 1.54) is 38.5 Å². The molecule has 1 heterocycles. The molecule has 1 nitrogen and oxygen atoms in total. The third kappa shape index (κ3) is 2.07. The summed E-state index contributed by atoms with van der Waals surface area (Å²) in [7, 11) is 0. The molecule has 4 aliphatic carbocycles. The van der Waals surface area contributed by atoms with Crippen molar-refractivity contribution in [2.24, 2.45) is 29.4 Å². The average molecular weight is 312 g/mol. The highest BCUT2D eigenvalue weighted by molar-refractivity contribution is 7.10. The largest absolute Gasteiger partial charge is 0.330 e. The zero-order chi connectivity index (χ0) is 12.9. The normalized spacial score (nSPS) is 41.6. The van der Waals surface area contributed by atoms with Crippen LogP contribution in [0.5, 0.6) is 0 Å². The fraction of sp³-hybridized carbons (Fsp3) is 0.765. The van der Waals surface area contributed by atoms with Gasteiger partial charge in [0.1, 0.15) is 0 Å². The zero-order valence-electron chi connectivity index (χ0n) is 12.1. The summed E-state index contributed by atoms with van der Waals surface area (Å²) in [5.41, 5.74) is 6.36. The minimum absolute atomic E-state index is 0. The molecule has 2 N–H and O–H groups in total. The maximum absolute atomic E-state index is 5.85. The van der Waals surface area contributed by atoms with Gasteiger partial charge in [-0.15, -0.1) is 23.7 Å². The smallest absolute Gasteiger partial charge is 0.0113 e. The first kappa shape index (κ1) is 14.9. The second kappa shape index (κ2) is 5.62. The van der Waals surface area contributed by atoms with E-state index in [2.05, 4.69) is 17.5 Å². The van der Waals surface area contributed by atoms with Crippen LogP contribution in [0, 0.1) is 23.7 Å². The van der Waals surface area contributed by atoms with E-state index >= 15 is 0 Å². The SMILES string of the molecule is Cl.NCCCC1(c2cccs2)C2CC3CC(C2)CC1C3. The monoisotopic (exact) mass is 311 g/mol. The predicted molar refractivity (Wildman–Crippen MR) is 88.6 cm³/mol. The second-order valence-corrected chi connectivity index (χ2v) is 8.16. The van der Waals surface area contributed by atoms with Gasteiger partial charge in [0, 0.05) is 10.3 Å². The van der Waals surface area contributed by atoms with Crippen LogP contribution in [-0.2, 0) is 5.41 Å². The molecule has 112 valence electrons. The van der Waals surface area contributed by atoms with Crippen molar-refractivity contribution in [3.8, 4) is 0 Å². The maximum Gasteiger partial charge on any atom is 0.0113 e. The number of rotatable bonds is 4. The fourth-order valence-corrected chi connectivity index (χ4v) is 7.01. The van der Waals surface area contributed by atoms with Gasteiger partial charge < -0.3 is 5.73 Å². The highest BCUT2D eigenvalue weighted by Gasteiger charge is 2.57. The Morgan fingerprint density at radius 1 is 1.10 bits per heavy atom. The first-order valence-corrected chi connectivity index (χ1v) is 8.95. The number of thiophene rings is 1. The summed E-state index contributed by atoms with van der Waals surface area (Å²) in [6, 6.07) is 4.68. The van der Waals surface area contributed by atoms with Crippen LogP contribution in [0.4, 0.5) is 0 Å². The Morgan fingerprint density at radius 3 is 2.25 bits per heavy atom. The minimum atomic E-state index is 0. The van der Waals surface area contributed by atoms with Crippen molar-refractivity contribution in [3.05, 3.63) is 22.4 Å². The lowest BCUT2D eigenvalue weighted by Crippen LogP contribution is -2.55. The summed E-state index contributed by atoms with van der Waals surface area (Å²) in [4.78, 5) is 1.69. The quantitative estimate of drug-likeness (QED) is 0.864. The summed E-state index contributed by atoms with van der Waals surface area (Å²) >= 11 is 2.01. The summed E-state index contributed by atoms with van der Waals surface area (Å²) in [6.07, 6.45) is 10.1. The number of halogens is 1. The van der Waals surface area contributed by atoms with Crippen molar-refractivity contribution in [1.29, 1.82) is 0 Å². The molecule has 1 aromatic rings. The van der Waals surface area contributed by atoms with Crippen LogP contribution >= 0.6 is 23.7 Å². The molecule has 0 atom stereocenters. The topological polar surface area (TPSA) is 26.0 Å². The third-order valence-corrected chi connectivity index (χ3v) is 7.43. The Balaban J connectivity index is 0.00000121. The Kier molecular flexibility index (Phi) is 4.18. The molecule has 0 aliphatic heterocycles. The molecule has 0 spiro atoms. The highest BCUT2D eigenvalue weighted by atomic mass is 35.5. The van der Waals surface area contributed by atoms with Crippen LogP contribution in [0.1, 0.15) is 49.8 Å². The van der Waals surface area contributed by atoms with E-state index in [1.807, 2.05) is 11.3 Å².